The smallest absolute Gasteiger partial charge is 0.0960 e. The van der Waals surface area contributed by atoms with Crippen LogP contribution >= 0.6 is 11.8 Å². The van der Waals surface area contributed by atoms with Crippen molar-refractivity contribution in [2.24, 2.45) is 5.73 Å². The molecule has 0 aliphatic rings. The fourth-order valence-electron chi connectivity index (χ4n) is 1.39. The van der Waals surface area contributed by atoms with Gasteiger partial charge in [-0.25, -0.2) is 4.98 Å². The molecule has 0 spiro atoms. The highest BCUT2D eigenvalue weighted by Crippen LogP contribution is 2.17. The first-order chi connectivity index (χ1) is 7.76. The van der Waals surface area contributed by atoms with Gasteiger partial charge in [-0.05, 0) is 36.6 Å². The van der Waals surface area contributed by atoms with E-state index in [1.54, 1.807) is 0 Å². The Morgan fingerprint density at radius 3 is 2.75 bits per heavy atom. The lowest BCUT2D eigenvalue weighted by Gasteiger charge is -2.08. The van der Waals surface area contributed by atoms with E-state index in [0.717, 1.165) is 23.6 Å². The lowest BCUT2D eigenvalue weighted by atomic mass is 10.1. The molecule has 0 saturated heterocycles. The van der Waals surface area contributed by atoms with Gasteiger partial charge in [-0.3, -0.25) is 0 Å². The van der Waals surface area contributed by atoms with Crippen molar-refractivity contribution in [3.05, 3.63) is 23.9 Å². The maximum atomic E-state index is 5.91. The third kappa shape index (κ3) is 4.99. The number of nitrogens with zero attached hydrogens (tertiary/aromatic N) is 1. The Hall–Kier alpha value is -0.540. The molecule has 1 atom stereocenters. The number of aromatic nitrogens is 1. The van der Waals surface area contributed by atoms with Crippen LogP contribution in [0.4, 0.5) is 0 Å². The lowest BCUT2D eigenvalue weighted by Crippen LogP contribution is -2.21. The van der Waals surface area contributed by atoms with Gasteiger partial charge in [-0.2, -0.15) is 0 Å². The number of nitrogens with two attached hydrogens (primary N) is 1. The van der Waals surface area contributed by atoms with Crippen LogP contribution in [0.3, 0.4) is 0 Å². The van der Waals surface area contributed by atoms with Crippen molar-refractivity contribution in [1.82, 2.24) is 4.98 Å². The normalized spacial score (nSPS) is 12.7. The Morgan fingerprint density at radius 1 is 1.38 bits per heavy atom. The van der Waals surface area contributed by atoms with E-state index in [1.165, 1.54) is 18.4 Å². The van der Waals surface area contributed by atoms with Gasteiger partial charge in [0.2, 0.25) is 0 Å². The van der Waals surface area contributed by atoms with E-state index in [1.807, 2.05) is 18.0 Å². The number of rotatable bonds is 7. The van der Waals surface area contributed by atoms with Crippen LogP contribution in [0.5, 0.6) is 0 Å². The van der Waals surface area contributed by atoms with Gasteiger partial charge in [0.15, 0.2) is 0 Å². The van der Waals surface area contributed by atoms with E-state index in [0.29, 0.717) is 0 Å². The molecule has 1 heterocycles. The van der Waals surface area contributed by atoms with E-state index >= 15 is 0 Å². The van der Waals surface area contributed by atoms with E-state index in [9.17, 15) is 0 Å². The Kier molecular flexibility index (Phi) is 6.50. The van der Waals surface area contributed by atoms with Gasteiger partial charge >= 0.3 is 0 Å². The molecule has 0 aliphatic heterocycles. The van der Waals surface area contributed by atoms with E-state index < -0.39 is 0 Å². The van der Waals surface area contributed by atoms with Gasteiger partial charge < -0.3 is 5.73 Å². The van der Waals surface area contributed by atoms with Crippen LogP contribution in [-0.4, -0.2) is 16.8 Å². The Balaban J connectivity index is 2.41. The predicted octanol–water partition coefficient (Wildman–Crippen LogP) is 3.25. The van der Waals surface area contributed by atoms with Crippen LogP contribution in [0, 0.1) is 0 Å². The van der Waals surface area contributed by atoms with Crippen molar-refractivity contribution < 1.29 is 0 Å². The highest BCUT2D eigenvalue weighted by atomic mass is 32.2. The number of hydrogen-bond acceptors (Lipinski definition) is 3. The second kappa shape index (κ2) is 7.69. The van der Waals surface area contributed by atoms with Gasteiger partial charge in [0.25, 0.3) is 0 Å². The zero-order valence-electron chi connectivity index (χ0n) is 10.3. The molecule has 1 aromatic heterocycles. The van der Waals surface area contributed by atoms with Gasteiger partial charge in [-0.1, -0.05) is 26.3 Å². The number of thioether (sulfide) groups is 1. The predicted molar refractivity (Wildman–Crippen MR) is 71.8 cm³/mol. The summed E-state index contributed by atoms with van der Waals surface area (Å²) >= 11 is 1.84. The topological polar surface area (TPSA) is 38.9 Å². The Bertz CT molecular complexity index is 284. The fraction of sp³-hybridized carbons (Fsp3) is 0.615. The minimum atomic E-state index is 0.264. The summed E-state index contributed by atoms with van der Waals surface area (Å²) in [5, 5.41) is 1.13. The molecule has 1 rings (SSSR count). The molecule has 2 nitrogen and oxygen atoms in total. The summed E-state index contributed by atoms with van der Waals surface area (Å²) in [5.41, 5.74) is 7.15. The molecule has 2 N–H and O–H groups in total. The molecule has 1 aromatic rings. The summed E-state index contributed by atoms with van der Waals surface area (Å²) < 4.78 is 0. The summed E-state index contributed by atoms with van der Waals surface area (Å²) in [4.78, 5) is 4.45. The zero-order valence-corrected chi connectivity index (χ0v) is 11.1. The van der Waals surface area contributed by atoms with Gasteiger partial charge in [0, 0.05) is 12.2 Å². The second-order valence-corrected chi connectivity index (χ2v) is 5.19. The summed E-state index contributed by atoms with van der Waals surface area (Å²) in [6, 6.07) is 4.52. The summed E-state index contributed by atoms with van der Waals surface area (Å²) in [6.07, 6.45) is 6.42. The highest BCUT2D eigenvalue weighted by Gasteiger charge is 2.02. The molecule has 0 fully saturated rings. The molecular formula is C13H22N2S. The quantitative estimate of drug-likeness (QED) is 0.585. The van der Waals surface area contributed by atoms with Crippen LogP contribution in [-0.2, 0) is 6.42 Å². The average Bonchev–Trinajstić information content (AvgIpc) is 2.31. The number of unbranched alkanes of at least 4 members (excludes halogenated alkanes) is 1. The highest BCUT2D eigenvalue weighted by molar-refractivity contribution is 7.99. The molecular weight excluding hydrogens is 216 g/mol. The molecule has 0 saturated carbocycles. The van der Waals surface area contributed by atoms with Gasteiger partial charge in [0.1, 0.15) is 0 Å². The monoisotopic (exact) mass is 238 g/mol. The van der Waals surface area contributed by atoms with Crippen LogP contribution < -0.4 is 5.73 Å². The first-order valence-electron chi connectivity index (χ1n) is 6.09. The van der Waals surface area contributed by atoms with Crippen molar-refractivity contribution in [3.63, 3.8) is 0 Å². The summed E-state index contributed by atoms with van der Waals surface area (Å²) in [5.74, 6) is 1.16. The number of hydrogen-bond donors (Lipinski definition) is 1. The van der Waals surface area contributed by atoms with E-state index in [-0.39, 0.29) is 6.04 Å². The maximum absolute atomic E-state index is 5.91. The van der Waals surface area contributed by atoms with Crippen molar-refractivity contribution in [2.75, 3.05) is 5.75 Å². The van der Waals surface area contributed by atoms with Crippen molar-refractivity contribution >= 4 is 11.8 Å². The van der Waals surface area contributed by atoms with Crippen LogP contribution in [0.15, 0.2) is 23.4 Å². The van der Waals surface area contributed by atoms with Gasteiger partial charge in [0.05, 0.1) is 5.03 Å². The minimum absolute atomic E-state index is 0.264. The third-order valence-electron chi connectivity index (χ3n) is 2.57. The Morgan fingerprint density at radius 2 is 2.19 bits per heavy atom. The summed E-state index contributed by atoms with van der Waals surface area (Å²) in [6.45, 7) is 4.33. The van der Waals surface area contributed by atoms with Crippen LogP contribution in [0.25, 0.3) is 0 Å². The Labute approximate surface area is 103 Å². The zero-order chi connectivity index (χ0) is 11.8. The molecule has 0 aliphatic carbocycles. The molecule has 3 heteroatoms. The molecule has 16 heavy (non-hydrogen) atoms. The van der Waals surface area contributed by atoms with Crippen molar-refractivity contribution in [2.45, 2.75) is 50.6 Å². The van der Waals surface area contributed by atoms with E-state index in [2.05, 4.69) is 31.0 Å². The van der Waals surface area contributed by atoms with Crippen LogP contribution in [0.2, 0.25) is 0 Å². The van der Waals surface area contributed by atoms with Crippen molar-refractivity contribution in [1.29, 1.82) is 0 Å². The number of pyridine rings is 1. The average molecular weight is 238 g/mol. The molecule has 1 unspecified atom stereocenters. The molecule has 0 amide bonds. The fourth-order valence-corrected chi connectivity index (χ4v) is 2.32. The molecule has 0 bridgehead atoms. The summed E-state index contributed by atoms with van der Waals surface area (Å²) in [7, 11) is 0. The third-order valence-corrected chi connectivity index (χ3v) is 3.60. The second-order valence-electron chi connectivity index (χ2n) is 4.08. The van der Waals surface area contributed by atoms with Gasteiger partial charge in [-0.15, -0.1) is 11.8 Å². The largest absolute Gasteiger partial charge is 0.327 e. The minimum Gasteiger partial charge on any atom is -0.327 e. The standard InChI is InChI=1S/C13H22N2S/c1-3-5-8-16-13-7-6-11(10-15-13)9-12(14)4-2/h6-7,10,12H,3-5,8-9,14H2,1-2H3. The molecule has 0 radical (unpaired) electrons. The lowest BCUT2D eigenvalue weighted by molar-refractivity contribution is 0.644. The first kappa shape index (κ1) is 13.5. The maximum Gasteiger partial charge on any atom is 0.0960 e. The van der Waals surface area contributed by atoms with Crippen molar-refractivity contribution in [3.8, 4) is 0 Å². The van der Waals surface area contributed by atoms with Crippen LogP contribution in [0.1, 0.15) is 38.7 Å². The molecule has 0 aromatic carbocycles. The first-order valence-corrected chi connectivity index (χ1v) is 7.08. The SMILES string of the molecule is CCCCSc1ccc(CC(N)CC)cn1. The molecule has 90 valence electrons. The van der Waals surface area contributed by atoms with E-state index in [4.69, 9.17) is 5.73 Å².